The van der Waals surface area contributed by atoms with E-state index in [1.807, 2.05) is 0 Å². The maximum atomic E-state index is 12.5. The Morgan fingerprint density at radius 2 is 1.93 bits per heavy atom. The van der Waals surface area contributed by atoms with Crippen molar-refractivity contribution in [1.82, 2.24) is 0 Å². The molecule has 0 bridgehead atoms. The minimum atomic E-state index is -4.52. The van der Waals surface area contributed by atoms with E-state index in [0.29, 0.717) is 0 Å². The number of alkyl halides is 3. The third-order valence-electron chi connectivity index (χ3n) is 1.79. The van der Waals surface area contributed by atoms with E-state index in [9.17, 15) is 18.0 Å². The Balaban J connectivity index is 3.18. The van der Waals surface area contributed by atoms with Crippen LogP contribution < -0.4 is 0 Å². The molecule has 1 rings (SSSR count). The number of hydrogen-bond acceptors (Lipinski definition) is 2. The van der Waals surface area contributed by atoms with Crippen molar-refractivity contribution in [2.45, 2.75) is 6.18 Å². The first-order valence-electron chi connectivity index (χ1n) is 4.08. The minimum absolute atomic E-state index is 0.340. The number of hydrogen-bond donors (Lipinski definition) is 0. The summed E-state index contributed by atoms with van der Waals surface area (Å²) in [5.41, 5.74) is -1.30. The lowest BCUT2D eigenvalue weighted by molar-refractivity contribution is -0.137. The first-order chi connectivity index (χ1) is 6.96. The fourth-order valence-corrected chi connectivity index (χ4v) is 1.16. The van der Waals surface area contributed by atoms with Crippen LogP contribution in [0, 0.1) is 0 Å². The number of carbonyl (C=O) groups is 1. The number of benzene rings is 1. The normalized spacial score (nSPS) is 11.1. The van der Waals surface area contributed by atoms with Crippen molar-refractivity contribution in [1.29, 1.82) is 0 Å². The van der Waals surface area contributed by atoms with Gasteiger partial charge in [-0.15, -0.1) is 0 Å². The molecular formula is C10H8F3NO. The van der Waals surface area contributed by atoms with E-state index in [0.717, 1.165) is 12.1 Å². The molecule has 5 heteroatoms. The molecule has 0 atom stereocenters. The SMILES string of the molecule is C=NCC(=O)c1ccccc1C(F)(F)F. The highest BCUT2D eigenvalue weighted by atomic mass is 19.4. The van der Waals surface area contributed by atoms with Crippen LogP contribution in [-0.4, -0.2) is 19.0 Å². The fraction of sp³-hybridized carbons (Fsp3) is 0.200. The van der Waals surface area contributed by atoms with E-state index in [4.69, 9.17) is 0 Å². The largest absolute Gasteiger partial charge is 0.417 e. The van der Waals surface area contributed by atoms with Crippen LogP contribution in [0.25, 0.3) is 0 Å². The van der Waals surface area contributed by atoms with Crippen molar-refractivity contribution in [2.75, 3.05) is 6.54 Å². The zero-order chi connectivity index (χ0) is 11.5. The van der Waals surface area contributed by atoms with Gasteiger partial charge >= 0.3 is 6.18 Å². The van der Waals surface area contributed by atoms with Gasteiger partial charge in [-0.25, -0.2) is 0 Å². The molecule has 15 heavy (non-hydrogen) atoms. The summed E-state index contributed by atoms with van der Waals surface area (Å²) in [4.78, 5) is 14.5. The summed E-state index contributed by atoms with van der Waals surface area (Å²) in [5.74, 6) is -0.682. The van der Waals surface area contributed by atoms with E-state index in [-0.39, 0.29) is 12.1 Å². The molecule has 0 unspecified atom stereocenters. The topological polar surface area (TPSA) is 29.4 Å². The second-order valence-corrected chi connectivity index (χ2v) is 2.85. The van der Waals surface area contributed by atoms with Crippen molar-refractivity contribution < 1.29 is 18.0 Å². The zero-order valence-corrected chi connectivity index (χ0v) is 7.71. The monoisotopic (exact) mass is 215 g/mol. The number of rotatable bonds is 3. The first kappa shape index (κ1) is 11.4. The highest BCUT2D eigenvalue weighted by Crippen LogP contribution is 2.31. The number of carbonyl (C=O) groups excluding carboxylic acids is 1. The predicted molar refractivity (Wildman–Crippen MR) is 50.2 cm³/mol. The zero-order valence-electron chi connectivity index (χ0n) is 7.71. The van der Waals surface area contributed by atoms with Gasteiger partial charge in [-0.2, -0.15) is 13.2 Å². The summed E-state index contributed by atoms with van der Waals surface area (Å²) in [6.07, 6.45) is -4.52. The molecule has 0 heterocycles. The summed E-state index contributed by atoms with van der Waals surface area (Å²) >= 11 is 0. The van der Waals surface area contributed by atoms with Gasteiger partial charge in [0.15, 0.2) is 5.78 Å². The Hall–Kier alpha value is -1.65. The van der Waals surface area contributed by atoms with E-state index in [1.165, 1.54) is 12.1 Å². The lowest BCUT2D eigenvalue weighted by Crippen LogP contribution is -2.14. The number of halogens is 3. The maximum absolute atomic E-state index is 12.5. The van der Waals surface area contributed by atoms with E-state index in [2.05, 4.69) is 11.7 Å². The van der Waals surface area contributed by atoms with Crippen LogP contribution in [0.2, 0.25) is 0 Å². The van der Waals surface area contributed by atoms with Gasteiger partial charge < -0.3 is 0 Å². The Labute approximate surface area is 84.4 Å². The van der Waals surface area contributed by atoms with Gasteiger partial charge in [0.05, 0.1) is 5.56 Å². The number of Topliss-reactive ketones (excluding diaryl/α,β-unsaturated/α-hetero) is 1. The van der Waals surface area contributed by atoms with Gasteiger partial charge in [-0.05, 0) is 12.8 Å². The molecule has 0 saturated carbocycles. The molecule has 0 fully saturated rings. The second kappa shape index (κ2) is 4.25. The molecule has 0 amide bonds. The molecular weight excluding hydrogens is 207 g/mol. The third kappa shape index (κ3) is 2.65. The number of nitrogens with zero attached hydrogens (tertiary/aromatic N) is 1. The van der Waals surface area contributed by atoms with Crippen molar-refractivity contribution in [3.63, 3.8) is 0 Å². The lowest BCUT2D eigenvalue weighted by Gasteiger charge is -2.10. The Kier molecular flexibility index (Phi) is 3.24. The average Bonchev–Trinajstić information content (AvgIpc) is 2.17. The van der Waals surface area contributed by atoms with Crippen LogP contribution in [0.3, 0.4) is 0 Å². The minimum Gasteiger partial charge on any atom is -0.293 e. The fourth-order valence-electron chi connectivity index (χ4n) is 1.16. The maximum Gasteiger partial charge on any atom is 0.417 e. The summed E-state index contributed by atoms with van der Waals surface area (Å²) in [7, 11) is 0. The van der Waals surface area contributed by atoms with E-state index < -0.39 is 17.5 Å². The van der Waals surface area contributed by atoms with Gasteiger partial charge in [0, 0.05) is 5.56 Å². The first-order valence-corrected chi connectivity index (χ1v) is 4.08. The second-order valence-electron chi connectivity index (χ2n) is 2.85. The van der Waals surface area contributed by atoms with Gasteiger partial charge in [0.2, 0.25) is 0 Å². The summed E-state index contributed by atoms with van der Waals surface area (Å²) < 4.78 is 37.4. The summed E-state index contributed by atoms with van der Waals surface area (Å²) in [6, 6.07) is 4.62. The molecule has 0 aliphatic heterocycles. The molecule has 0 N–H and O–H groups in total. The highest BCUT2D eigenvalue weighted by molar-refractivity contribution is 5.99. The molecule has 0 aliphatic rings. The molecule has 1 aromatic rings. The molecule has 0 radical (unpaired) electrons. The smallest absolute Gasteiger partial charge is 0.293 e. The lowest BCUT2D eigenvalue weighted by atomic mass is 10.0. The number of aliphatic imine (C=N–C) groups is 1. The molecule has 0 aliphatic carbocycles. The van der Waals surface area contributed by atoms with Gasteiger partial charge in [-0.3, -0.25) is 9.79 Å². The molecule has 80 valence electrons. The predicted octanol–water partition coefficient (Wildman–Crippen LogP) is 2.59. The van der Waals surface area contributed by atoms with Gasteiger partial charge in [0.1, 0.15) is 6.54 Å². The van der Waals surface area contributed by atoms with Crippen molar-refractivity contribution in [3.05, 3.63) is 35.4 Å². The standard InChI is InChI=1S/C10H8F3NO/c1-14-6-9(15)7-4-2-3-5-8(7)10(11,12)13/h2-5H,1,6H2. The van der Waals surface area contributed by atoms with E-state index >= 15 is 0 Å². The van der Waals surface area contributed by atoms with Crippen molar-refractivity contribution >= 4 is 12.5 Å². The molecule has 2 nitrogen and oxygen atoms in total. The molecule has 0 aromatic heterocycles. The van der Waals surface area contributed by atoms with Gasteiger partial charge in [0.25, 0.3) is 0 Å². The van der Waals surface area contributed by atoms with Crippen molar-refractivity contribution in [3.8, 4) is 0 Å². The van der Waals surface area contributed by atoms with Crippen LogP contribution in [0.15, 0.2) is 29.3 Å². The highest BCUT2D eigenvalue weighted by Gasteiger charge is 2.34. The van der Waals surface area contributed by atoms with Crippen LogP contribution >= 0.6 is 0 Å². The van der Waals surface area contributed by atoms with Crippen LogP contribution in [0.5, 0.6) is 0 Å². The Bertz CT molecular complexity index is 384. The third-order valence-corrected chi connectivity index (χ3v) is 1.79. The van der Waals surface area contributed by atoms with Crippen LogP contribution in [0.4, 0.5) is 13.2 Å². The molecule has 1 aromatic carbocycles. The molecule has 0 saturated heterocycles. The Morgan fingerprint density at radius 3 is 2.47 bits per heavy atom. The van der Waals surface area contributed by atoms with Crippen molar-refractivity contribution in [2.24, 2.45) is 4.99 Å². The summed E-state index contributed by atoms with van der Waals surface area (Å²) in [5, 5.41) is 0. The summed E-state index contributed by atoms with van der Waals surface area (Å²) in [6.45, 7) is 2.73. The molecule has 0 spiro atoms. The van der Waals surface area contributed by atoms with Crippen LogP contribution in [-0.2, 0) is 6.18 Å². The average molecular weight is 215 g/mol. The number of ketones is 1. The van der Waals surface area contributed by atoms with Crippen LogP contribution in [0.1, 0.15) is 15.9 Å². The quantitative estimate of drug-likeness (QED) is 0.562. The van der Waals surface area contributed by atoms with Gasteiger partial charge in [-0.1, -0.05) is 18.2 Å². The Morgan fingerprint density at radius 1 is 1.33 bits per heavy atom. The van der Waals surface area contributed by atoms with E-state index in [1.54, 1.807) is 0 Å².